The van der Waals surface area contributed by atoms with Crippen LogP contribution in [0.5, 0.6) is 0 Å². The minimum atomic E-state index is -0.435. The molecule has 1 aromatic heterocycles. The summed E-state index contributed by atoms with van der Waals surface area (Å²) in [4.78, 5) is 25.2. The highest BCUT2D eigenvalue weighted by Crippen LogP contribution is 2.27. The molecule has 4 heteroatoms. The van der Waals surface area contributed by atoms with Gasteiger partial charge in [0.25, 0.3) is 5.91 Å². The topological polar surface area (TPSA) is 48.3 Å². The van der Waals surface area contributed by atoms with Gasteiger partial charge in [-0.25, -0.2) is 4.79 Å². The Morgan fingerprint density at radius 3 is 2.30 bits per heavy atom. The van der Waals surface area contributed by atoms with Crippen LogP contribution in [0.25, 0.3) is 10.9 Å². The van der Waals surface area contributed by atoms with E-state index in [0.29, 0.717) is 22.3 Å². The second kappa shape index (κ2) is 5.72. The van der Waals surface area contributed by atoms with Crippen LogP contribution in [-0.4, -0.2) is 23.6 Å². The third-order valence-electron chi connectivity index (χ3n) is 4.08. The number of methoxy groups -OCH3 is 1. The molecular weight excluding hydrogens is 290 g/mol. The van der Waals surface area contributed by atoms with E-state index in [1.807, 2.05) is 49.4 Å². The van der Waals surface area contributed by atoms with Crippen LogP contribution < -0.4 is 0 Å². The van der Waals surface area contributed by atoms with E-state index in [1.165, 1.54) is 7.11 Å². The van der Waals surface area contributed by atoms with Crippen LogP contribution >= 0.6 is 0 Å². The molecule has 3 rings (SSSR count). The highest BCUT2D eigenvalue weighted by molar-refractivity contribution is 6.11. The molecule has 0 amide bonds. The summed E-state index contributed by atoms with van der Waals surface area (Å²) in [5.41, 5.74) is 3.25. The molecule has 2 aromatic carbocycles. The van der Waals surface area contributed by atoms with Gasteiger partial charge in [0.2, 0.25) is 0 Å². The first kappa shape index (κ1) is 15.0. The average molecular weight is 307 g/mol. The lowest BCUT2D eigenvalue weighted by molar-refractivity contribution is 0.0602. The van der Waals surface area contributed by atoms with E-state index in [0.717, 1.165) is 10.9 Å². The molecule has 0 fully saturated rings. The first-order valence-corrected chi connectivity index (χ1v) is 7.35. The molecule has 0 atom stereocenters. The van der Waals surface area contributed by atoms with Gasteiger partial charge in [-0.2, -0.15) is 0 Å². The third-order valence-corrected chi connectivity index (χ3v) is 4.08. The Bertz CT molecular complexity index is 922. The van der Waals surface area contributed by atoms with Crippen molar-refractivity contribution in [2.45, 2.75) is 13.8 Å². The Hall–Kier alpha value is -2.88. The first-order chi connectivity index (χ1) is 11.1. The molecule has 0 aliphatic carbocycles. The van der Waals surface area contributed by atoms with Crippen LogP contribution in [0.3, 0.4) is 0 Å². The van der Waals surface area contributed by atoms with E-state index in [-0.39, 0.29) is 5.91 Å². The second-order valence-electron chi connectivity index (χ2n) is 5.42. The summed E-state index contributed by atoms with van der Waals surface area (Å²) in [6.45, 7) is 3.66. The van der Waals surface area contributed by atoms with Crippen molar-refractivity contribution < 1.29 is 14.3 Å². The number of fused-ring (bicyclic) bond motifs is 1. The first-order valence-electron chi connectivity index (χ1n) is 7.35. The monoisotopic (exact) mass is 307 g/mol. The molecule has 3 aromatic rings. The molecule has 0 unspecified atom stereocenters. The van der Waals surface area contributed by atoms with Gasteiger partial charge in [-0.3, -0.25) is 9.36 Å². The van der Waals surface area contributed by atoms with Gasteiger partial charge < -0.3 is 4.74 Å². The minimum Gasteiger partial charge on any atom is -0.465 e. The van der Waals surface area contributed by atoms with Gasteiger partial charge in [0.05, 0.1) is 18.2 Å². The molecular formula is C19H17NO3. The van der Waals surface area contributed by atoms with Crippen molar-refractivity contribution in [2.24, 2.45) is 0 Å². The SMILES string of the molecule is COC(=O)c1c(C)n(C(=O)c2ccccc2C)c2ccccc12. The number of aryl methyl sites for hydroxylation is 1. The van der Waals surface area contributed by atoms with Crippen LogP contribution in [0.15, 0.2) is 48.5 Å². The van der Waals surface area contributed by atoms with Crippen molar-refractivity contribution in [2.75, 3.05) is 7.11 Å². The number of carbonyl (C=O) groups excluding carboxylic acids is 2. The number of nitrogens with zero attached hydrogens (tertiary/aromatic N) is 1. The zero-order valence-electron chi connectivity index (χ0n) is 13.3. The van der Waals surface area contributed by atoms with E-state index >= 15 is 0 Å². The van der Waals surface area contributed by atoms with Crippen molar-refractivity contribution in [1.29, 1.82) is 0 Å². The van der Waals surface area contributed by atoms with Crippen LogP contribution in [-0.2, 0) is 4.74 Å². The van der Waals surface area contributed by atoms with Gasteiger partial charge in [0.1, 0.15) is 0 Å². The number of benzene rings is 2. The van der Waals surface area contributed by atoms with Gasteiger partial charge in [0.15, 0.2) is 0 Å². The van der Waals surface area contributed by atoms with Crippen LogP contribution in [0, 0.1) is 13.8 Å². The molecule has 0 N–H and O–H groups in total. The lowest BCUT2D eigenvalue weighted by Gasteiger charge is -2.09. The Balaban J connectivity index is 2.30. The molecule has 0 spiro atoms. The van der Waals surface area contributed by atoms with E-state index in [1.54, 1.807) is 17.6 Å². The highest BCUT2D eigenvalue weighted by Gasteiger charge is 2.24. The molecule has 4 nitrogen and oxygen atoms in total. The minimum absolute atomic E-state index is 0.146. The number of carbonyl (C=O) groups is 2. The quantitative estimate of drug-likeness (QED) is 0.678. The zero-order chi connectivity index (χ0) is 16.6. The van der Waals surface area contributed by atoms with Gasteiger partial charge in [-0.15, -0.1) is 0 Å². The summed E-state index contributed by atoms with van der Waals surface area (Å²) >= 11 is 0. The average Bonchev–Trinajstić information content (AvgIpc) is 2.86. The largest absolute Gasteiger partial charge is 0.465 e. The molecule has 23 heavy (non-hydrogen) atoms. The van der Waals surface area contributed by atoms with Crippen molar-refractivity contribution in [1.82, 2.24) is 4.57 Å². The maximum atomic E-state index is 13.0. The van der Waals surface area contributed by atoms with Crippen molar-refractivity contribution in [3.05, 3.63) is 70.9 Å². The standard InChI is InChI=1S/C19H17NO3/c1-12-8-4-5-9-14(12)18(21)20-13(2)17(19(22)23-3)15-10-6-7-11-16(15)20/h4-11H,1-3H3. The molecule has 1 heterocycles. The molecule has 116 valence electrons. The predicted octanol–water partition coefficient (Wildman–Crippen LogP) is 3.73. The zero-order valence-corrected chi connectivity index (χ0v) is 13.3. The lowest BCUT2D eigenvalue weighted by atomic mass is 10.1. The summed E-state index contributed by atoms with van der Waals surface area (Å²) < 4.78 is 6.47. The van der Waals surface area contributed by atoms with Gasteiger partial charge in [0, 0.05) is 16.6 Å². The number of aromatic nitrogens is 1. The van der Waals surface area contributed by atoms with E-state index in [4.69, 9.17) is 4.74 Å². The summed E-state index contributed by atoms with van der Waals surface area (Å²) in [7, 11) is 1.34. The number of esters is 1. The Morgan fingerprint density at radius 2 is 1.61 bits per heavy atom. The fourth-order valence-electron chi connectivity index (χ4n) is 2.92. The van der Waals surface area contributed by atoms with E-state index in [2.05, 4.69) is 0 Å². The molecule has 0 aliphatic rings. The van der Waals surface area contributed by atoms with E-state index < -0.39 is 5.97 Å². The molecule has 0 aliphatic heterocycles. The normalized spacial score (nSPS) is 10.7. The summed E-state index contributed by atoms with van der Waals surface area (Å²) in [6, 6.07) is 14.8. The molecule has 0 bridgehead atoms. The second-order valence-corrected chi connectivity index (χ2v) is 5.42. The maximum Gasteiger partial charge on any atom is 0.340 e. The van der Waals surface area contributed by atoms with Crippen LogP contribution in [0.4, 0.5) is 0 Å². The van der Waals surface area contributed by atoms with Crippen LogP contribution in [0.2, 0.25) is 0 Å². The number of para-hydroxylation sites is 1. The predicted molar refractivity (Wildman–Crippen MR) is 88.9 cm³/mol. The third kappa shape index (κ3) is 2.32. The molecule has 0 saturated carbocycles. The van der Waals surface area contributed by atoms with Gasteiger partial charge >= 0.3 is 5.97 Å². The van der Waals surface area contributed by atoms with Crippen LogP contribution in [0.1, 0.15) is 32.0 Å². The number of hydrogen-bond acceptors (Lipinski definition) is 3. The Morgan fingerprint density at radius 1 is 0.957 bits per heavy atom. The fourth-order valence-corrected chi connectivity index (χ4v) is 2.92. The Kier molecular flexibility index (Phi) is 3.74. The van der Waals surface area contributed by atoms with Crippen molar-refractivity contribution in [3.8, 4) is 0 Å². The highest BCUT2D eigenvalue weighted by atomic mass is 16.5. The smallest absolute Gasteiger partial charge is 0.340 e. The molecule has 0 saturated heterocycles. The van der Waals surface area contributed by atoms with Crippen molar-refractivity contribution in [3.63, 3.8) is 0 Å². The summed E-state index contributed by atoms with van der Waals surface area (Å²) in [5.74, 6) is -0.581. The van der Waals surface area contributed by atoms with E-state index in [9.17, 15) is 9.59 Å². The number of ether oxygens (including phenoxy) is 1. The summed E-state index contributed by atoms with van der Waals surface area (Å²) in [6.07, 6.45) is 0. The fraction of sp³-hybridized carbons (Fsp3) is 0.158. The Labute approximate surface area is 134 Å². The lowest BCUT2D eigenvalue weighted by Crippen LogP contribution is -2.15. The van der Waals surface area contributed by atoms with Gasteiger partial charge in [-0.05, 0) is 31.5 Å². The van der Waals surface area contributed by atoms with Gasteiger partial charge in [-0.1, -0.05) is 36.4 Å². The summed E-state index contributed by atoms with van der Waals surface area (Å²) in [5, 5.41) is 0.721. The van der Waals surface area contributed by atoms with Crippen molar-refractivity contribution >= 4 is 22.8 Å². The number of hydrogen-bond donors (Lipinski definition) is 0. The number of rotatable bonds is 2. The maximum absolute atomic E-state index is 13.0. The molecule has 0 radical (unpaired) electrons.